The molecule has 4 rings (SSSR count). The van der Waals surface area contributed by atoms with Gasteiger partial charge in [-0.3, -0.25) is 4.72 Å². The van der Waals surface area contributed by atoms with Gasteiger partial charge in [-0.25, -0.2) is 8.42 Å². The SMILES string of the molecule is O=S(=O)(Nc1ccc(OCc2ccccc2)cc1)c1ccc2ccccc2c1. The summed E-state index contributed by atoms with van der Waals surface area (Å²) in [6.45, 7) is 0.461. The molecule has 0 radical (unpaired) electrons. The molecule has 0 unspecified atom stereocenters. The fourth-order valence-electron chi connectivity index (χ4n) is 2.91. The molecule has 0 saturated heterocycles. The Hall–Kier alpha value is -3.31. The Morgan fingerprint density at radius 3 is 2.14 bits per heavy atom. The third kappa shape index (κ3) is 4.15. The average Bonchev–Trinajstić information content (AvgIpc) is 2.73. The molecule has 5 heteroatoms. The molecule has 0 aliphatic rings. The highest BCUT2D eigenvalue weighted by atomic mass is 32.2. The zero-order valence-corrected chi connectivity index (χ0v) is 15.9. The van der Waals surface area contributed by atoms with Gasteiger partial charge in [-0.05, 0) is 52.7 Å². The zero-order valence-electron chi connectivity index (χ0n) is 15.1. The number of hydrogen-bond acceptors (Lipinski definition) is 3. The van der Waals surface area contributed by atoms with Crippen LogP contribution in [0.5, 0.6) is 5.75 Å². The molecule has 0 aliphatic carbocycles. The summed E-state index contributed by atoms with van der Waals surface area (Å²) in [5.74, 6) is 0.678. The van der Waals surface area contributed by atoms with E-state index < -0.39 is 10.0 Å². The van der Waals surface area contributed by atoms with Crippen molar-refractivity contribution in [3.8, 4) is 5.75 Å². The van der Waals surface area contributed by atoms with E-state index in [0.29, 0.717) is 18.0 Å². The maximum absolute atomic E-state index is 12.7. The maximum Gasteiger partial charge on any atom is 0.261 e. The molecule has 0 heterocycles. The van der Waals surface area contributed by atoms with Crippen LogP contribution in [0.25, 0.3) is 10.8 Å². The van der Waals surface area contributed by atoms with Gasteiger partial charge in [0.25, 0.3) is 10.0 Å². The van der Waals surface area contributed by atoms with Gasteiger partial charge >= 0.3 is 0 Å². The molecule has 0 aromatic heterocycles. The minimum Gasteiger partial charge on any atom is -0.489 e. The molecule has 4 aromatic rings. The third-order valence-corrected chi connectivity index (χ3v) is 5.77. The molecular weight excluding hydrogens is 370 g/mol. The van der Waals surface area contributed by atoms with Gasteiger partial charge in [-0.2, -0.15) is 0 Å². The van der Waals surface area contributed by atoms with Crippen molar-refractivity contribution in [2.75, 3.05) is 4.72 Å². The molecule has 28 heavy (non-hydrogen) atoms. The summed E-state index contributed by atoms with van der Waals surface area (Å²) in [5, 5.41) is 1.89. The molecule has 0 aliphatic heterocycles. The lowest BCUT2D eigenvalue weighted by Gasteiger charge is -2.10. The van der Waals surface area contributed by atoms with Crippen molar-refractivity contribution in [3.05, 3.63) is 103 Å². The van der Waals surface area contributed by atoms with Crippen LogP contribution < -0.4 is 9.46 Å². The predicted octanol–water partition coefficient (Wildman–Crippen LogP) is 5.22. The van der Waals surface area contributed by atoms with Gasteiger partial charge in [0.15, 0.2) is 0 Å². The maximum atomic E-state index is 12.7. The van der Waals surface area contributed by atoms with E-state index >= 15 is 0 Å². The summed E-state index contributed by atoms with van der Waals surface area (Å²) in [4.78, 5) is 0.232. The molecule has 140 valence electrons. The van der Waals surface area contributed by atoms with Crippen LogP contribution in [0.2, 0.25) is 0 Å². The largest absolute Gasteiger partial charge is 0.489 e. The number of sulfonamides is 1. The van der Waals surface area contributed by atoms with Gasteiger partial charge in [-0.15, -0.1) is 0 Å². The Bertz CT molecular complexity index is 1190. The Labute approximate surface area is 164 Å². The smallest absolute Gasteiger partial charge is 0.261 e. The second-order valence-corrected chi connectivity index (χ2v) is 8.10. The van der Waals surface area contributed by atoms with Crippen LogP contribution in [0, 0.1) is 0 Å². The van der Waals surface area contributed by atoms with Gasteiger partial charge in [-0.1, -0.05) is 60.7 Å². The quantitative estimate of drug-likeness (QED) is 0.492. The van der Waals surface area contributed by atoms with Gasteiger partial charge in [0.1, 0.15) is 12.4 Å². The number of rotatable bonds is 6. The zero-order chi connectivity index (χ0) is 19.4. The fourth-order valence-corrected chi connectivity index (χ4v) is 4.00. The van der Waals surface area contributed by atoms with Gasteiger partial charge in [0, 0.05) is 5.69 Å². The van der Waals surface area contributed by atoms with Gasteiger partial charge in [0.05, 0.1) is 4.90 Å². The Morgan fingerprint density at radius 1 is 0.714 bits per heavy atom. The minimum absolute atomic E-state index is 0.232. The summed E-state index contributed by atoms with van der Waals surface area (Å²) >= 11 is 0. The topological polar surface area (TPSA) is 55.4 Å². The lowest BCUT2D eigenvalue weighted by Crippen LogP contribution is -2.12. The normalized spacial score (nSPS) is 11.3. The lowest BCUT2D eigenvalue weighted by molar-refractivity contribution is 0.306. The number of nitrogens with one attached hydrogen (secondary N) is 1. The third-order valence-electron chi connectivity index (χ3n) is 4.39. The summed E-state index contributed by atoms with van der Waals surface area (Å²) < 4.78 is 33.7. The molecular formula is C23H19NO3S. The fraction of sp³-hybridized carbons (Fsp3) is 0.0435. The highest BCUT2D eigenvalue weighted by Crippen LogP contribution is 2.23. The standard InChI is InChI=1S/C23H19NO3S/c25-28(26,23-15-10-19-8-4-5-9-20(19)16-23)24-21-11-13-22(14-12-21)27-17-18-6-2-1-3-7-18/h1-16,24H,17H2. The molecule has 1 N–H and O–H groups in total. The van der Waals surface area contributed by atoms with Crippen LogP contribution in [-0.2, 0) is 16.6 Å². The number of fused-ring (bicyclic) bond motifs is 1. The Kier molecular flexibility index (Phi) is 5.00. The van der Waals surface area contributed by atoms with Gasteiger partial charge < -0.3 is 4.74 Å². The first-order chi connectivity index (χ1) is 13.6. The number of ether oxygens (including phenoxy) is 1. The molecule has 0 spiro atoms. The molecule has 0 bridgehead atoms. The Balaban J connectivity index is 1.46. The van der Waals surface area contributed by atoms with Crippen molar-refractivity contribution in [1.29, 1.82) is 0 Å². The van der Waals surface area contributed by atoms with E-state index in [1.165, 1.54) is 0 Å². The minimum atomic E-state index is -3.66. The lowest BCUT2D eigenvalue weighted by atomic mass is 10.1. The first-order valence-corrected chi connectivity index (χ1v) is 10.4. The second-order valence-electron chi connectivity index (χ2n) is 6.41. The van der Waals surface area contributed by atoms with Crippen LogP contribution in [0.3, 0.4) is 0 Å². The van der Waals surface area contributed by atoms with E-state index in [4.69, 9.17) is 4.74 Å². The summed E-state index contributed by atoms with van der Waals surface area (Å²) in [6, 6.07) is 29.5. The summed E-state index contributed by atoms with van der Waals surface area (Å²) in [6.07, 6.45) is 0. The highest BCUT2D eigenvalue weighted by molar-refractivity contribution is 7.92. The number of anilines is 1. The molecule has 4 nitrogen and oxygen atoms in total. The van der Waals surface area contributed by atoms with Crippen molar-refractivity contribution in [2.24, 2.45) is 0 Å². The van der Waals surface area contributed by atoms with Gasteiger partial charge in [0.2, 0.25) is 0 Å². The van der Waals surface area contributed by atoms with E-state index in [2.05, 4.69) is 4.72 Å². The van der Waals surface area contributed by atoms with Crippen molar-refractivity contribution >= 4 is 26.5 Å². The van der Waals surface area contributed by atoms with E-state index in [9.17, 15) is 8.42 Å². The molecule has 0 amide bonds. The second kappa shape index (κ2) is 7.74. The van der Waals surface area contributed by atoms with E-state index in [1.807, 2.05) is 60.7 Å². The molecule has 4 aromatic carbocycles. The summed E-state index contributed by atoms with van der Waals surface area (Å²) in [5.41, 5.74) is 1.56. The van der Waals surface area contributed by atoms with E-state index in [-0.39, 0.29) is 4.90 Å². The van der Waals surface area contributed by atoms with Crippen LogP contribution >= 0.6 is 0 Å². The van der Waals surface area contributed by atoms with Crippen LogP contribution in [0.1, 0.15) is 5.56 Å². The number of benzene rings is 4. The first-order valence-electron chi connectivity index (χ1n) is 8.89. The van der Waals surface area contributed by atoms with Crippen LogP contribution in [0.15, 0.2) is 102 Å². The molecule has 0 saturated carbocycles. The van der Waals surface area contributed by atoms with Crippen molar-refractivity contribution in [1.82, 2.24) is 0 Å². The monoisotopic (exact) mass is 389 g/mol. The molecule has 0 atom stereocenters. The van der Waals surface area contributed by atoms with Crippen molar-refractivity contribution < 1.29 is 13.2 Å². The van der Waals surface area contributed by atoms with E-state index in [0.717, 1.165) is 16.3 Å². The van der Waals surface area contributed by atoms with Crippen molar-refractivity contribution in [2.45, 2.75) is 11.5 Å². The highest BCUT2D eigenvalue weighted by Gasteiger charge is 2.14. The van der Waals surface area contributed by atoms with Crippen LogP contribution in [0.4, 0.5) is 5.69 Å². The number of hydrogen-bond donors (Lipinski definition) is 1. The van der Waals surface area contributed by atoms with Crippen molar-refractivity contribution in [3.63, 3.8) is 0 Å². The Morgan fingerprint density at radius 2 is 1.39 bits per heavy atom. The summed E-state index contributed by atoms with van der Waals surface area (Å²) in [7, 11) is -3.66. The average molecular weight is 389 g/mol. The first kappa shape index (κ1) is 18.1. The van der Waals surface area contributed by atoms with E-state index in [1.54, 1.807) is 36.4 Å². The van der Waals surface area contributed by atoms with Crippen LogP contribution in [-0.4, -0.2) is 8.42 Å². The molecule has 0 fully saturated rings. The predicted molar refractivity (Wildman–Crippen MR) is 112 cm³/mol.